The van der Waals surface area contributed by atoms with E-state index in [0.29, 0.717) is 0 Å². The lowest BCUT2D eigenvalue weighted by Gasteiger charge is -2.10. The molecule has 0 aliphatic carbocycles. The summed E-state index contributed by atoms with van der Waals surface area (Å²) in [6.07, 6.45) is 0. The van der Waals surface area contributed by atoms with Crippen LogP contribution < -0.4 is 5.73 Å². The highest BCUT2D eigenvalue weighted by atomic mass is 35.5. The number of halogens is 3. The molecular formula is C8H8ClF2NO. The highest BCUT2D eigenvalue weighted by molar-refractivity contribution is 6.30. The summed E-state index contributed by atoms with van der Waals surface area (Å²) in [5.74, 6) is -1.75. The average Bonchev–Trinajstić information content (AvgIpc) is 2.13. The maximum Gasteiger partial charge on any atom is 0.149 e. The first-order valence-electron chi connectivity index (χ1n) is 3.57. The van der Waals surface area contributed by atoms with Gasteiger partial charge in [-0.25, -0.2) is 8.78 Å². The van der Waals surface area contributed by atoms with Crippen LogP contribution in [0, 0.1) is 11.6 Å². The van der Waals surface area contributed by atoms with Crippen molar-refractivity contribution >= 4 is 11.6 Å². The summed E-state index contributed by atoms with van der Waals surface area (Å²) in [5.41, 5.74) is 5.35. The molecule has 1 rings (SSSR count). The van der Waals surface area contributed by atoms with Crippen LogP contribution in [0.25, 0.3) is 0 Å². The molecule has 2 nitrogen and oxygen atoms in total. The average molecular weight is 208 g/mol. The Kier molecular flexibility index (Phi) is 3.19. The van der Waals surface area contributed by atoms with Gasteiger partial charge < -0.3 is 10.8 Å². The Morgan fingerprint density at radius 3 is 2.62 bits per heavy atom. The van der Waals surface area contributed by atoms with E-state index in [-0.39, 0.29) is 5.56 Å². The quantitative estimate of drug-likeness (QED) is 0.724. The molecule has 0 unspecified atom stereocenters. The first-order valence-corrected chi connectivity index (χ1v) is 3.95. The summed E-state index contributed by atoms with van der Waals surface area (Å²) in [5, 5.41) is 8.05. The van der Waals surface area contributed by atoms with Gasteiger partial charge in [-0.2, -0.15) is 0 Å². The fraction of sp³-hybridized carbons (Fsp3) is 0.250. The van der Waals surface area contributed by atoms with Crippen molar-refractivity contribution in [2.45, 2.75) is 6.04 Å². The maximum atomic E-state index is 13.1. The predicted molar refractivity (Wildman–Crippen MR) is 45.4 cm³/mol. The Bertz CT molecular complexity index is 319. The third-order valence-electron chi connectivity index (χ3n) is 1.66. The number of aliphatic hydroxyl groups is 1. The summed E-state index contributed by atoms with van der Waals surface area (Å²) in [7, 11) is 0. The summed E-state index contributed by atoms with van der Waals surface area (Å²) in [6, 6.07) is 1.30. The van der Waals surface area contributed by atoms with E-state index >= 15 is 0 Å². The van der Waals surface area contributed by atoms with Gasteiger partial charge in [-0.15, -0.1) is 0 Å². The highest BCUT2D eigenvalue weighted by Gasteiger charge is 2.15. The number of benzene rings is 1. The SMILES string of the molecule is N[C@@H](CO)c1ccc(F)c(Cl)c1F. The van der Waals surface area contributed by atoms with Gasteiger partial charge in [0.1, 0.15) is 16.7 Å². The first kappa shape index (κ1) is 10.4. The lowest BCUT2D eigenvalue weighted by Crippen LogP contribution is -2.16. The third kappa shape index (κ3) is 1.96. The summed E-state index contributed by atoms with van der Waals surface area (Å²) >= 11 is 5.30. The van der Waals surface area contributed by atoms with E-state index < -0.39 is 29.3 Å². The molecule has 0 aromatic heterocycles. The zero-order valence-electron chi connectivity index (χ0n) is 6.60. The topological polar surface area (TPSA) is 46.2 Å². The van der Waals surface area contributed by atoms with Gasteiger partial charge in [0.2, 0.25) is 0 Å². The van der Waals surface area contributed by atoms with Gasteiger partial charge >= 0.3 is 0 Å². The molecule has 0 spiro atoms. The van der Waals surface area contributed by atoms with Gasteiger partial charge in [-0.05, 0) is 6.07 Å². The Morgan fingerprint density at radius 1 is 1.46 bits per heavy atom. The van der Waals surface area contributed by atoms with Gasteiger partial charge in [0, 0.05) is 5.56 Å². The standard InChI is InChI=1S/C8H8ClF2NO/c9-7-5(10)2-1-4(8(7)11)6(12)3-13/h1-2,6,13H,3,12H2/t6-/m0/s1. The summed E-state index contributed by atoms with van der Waals surface area (Å²) in [4.78, 5) is 0. The molecule has 0 heterocycles. The predicted octanol–water partition coefficient (Wildman–Crippen LogP) is 1.61. The van der Waals surface area contributed by atoms with E-state index in [1.54, 1.807) is 0 Å². The van der Waals surface area contributed by atoms with Gasteiger partial charge in [-0.1, -0.05) is 17.7 Å². The van der Waals surface area contributed by atoms with Crippen LogP contribution in [0.4, 0.5) is 8.78 Å². The van der Waals surface area contributed by atoms with Crippen LogP contribution in [-0.4, -0.2) is 11.7 Å². The zero-order valence-corrected chi connectivity index (χ0v) is 7.35. The Hall–Kier alpha value is -0.710. The van der Waals surface area contributed by atoms with Crippen LogP contribution >= 0.6 is 11.6 Å². The van der Waals surface area contributed by atoms with E-state index in [1.807, 2.05) is 0 Å². The largest absolute Gasteiger partial charge is 0.394 e. The molecule has 0 aliphatic rings. The van der Waals surface area contributed by atoms with Crippen molar-refractivity contribution in [2.75, 3.05) is 6.61 Å². The summed E-state index contributed by atoms with van der Waals surface area (Å²) in [6.45, 7) is -0.418. The monoisotopic (exact) mass is 207 g/mol. The molecule has 1 aromatic carbocycles. The molecule has 3 N–H and O–H groups in total. The summed E-state index contributed by atoms with van der Waals surface area (Å²) < 4.78 is 25.8. The van der Waals surface area contributed by atoms with Crippen LogP contribution in [-0.2, 0) is 0 Å². The third-order valence-corrected chi connectivity index (χ3v) is 2.01. The van der Waals surface area contributed by atoms with Crippen molar-refractivity contribution in [3.63, 3.8) is 0 Å². The molecule has 0 saturated carbocycles. The van der Waals surface area contributed by atoms with Gasteiger partial charge in [0.25, 0.3) is 0 Å². The minimum atomic E-state index is -0.914. The van der Waals surface area contributed by atoms with E-state index in [2.05, 4.69) is 0 Å². The maximum absolute atomic E-state index is 13.1. The second-order valence-electron chi connectivity index (χ2n) is 2.55. The van der Waals surface area contributed by atoms with Crippen LogP contribution in [0.3, 0.4) is 0 Å². The molecular weight excluding hydrogens is 200 g/mol. The molecule has 0 amide bonds. The first-order chi connectivity index (χ1) is 6.07. The highest BCUT2D eigenvalue weighted by Crippen LogP contribution is 2.24. The normalized spacial score (nSPS) is 13.0. The lowest BCUT2D eigenvalue weighted by atomic mass is 10.1. The molecule has 1 atom stereocenters. The van der Waals surface area contributed by atoms with Crippen LogP contribution in [0.5, 0.6) is 0 Å². The Labute approximate surface area is 78.9 Å². The van der Waals surface area contributed by atoms with Crippen molar-refractivity contribution in [3.8, 4) is 0 Å². The van der Waals surface area contributed by atoms with Crippen molar-refractivity contribution < 1.29 is 13.9 Å². The number of hydrogen-bond acceptors (Lipinski definition) is 2. The molecule has 0 radical (unpaired) electrons. The second-order valence-corrected chi connectivity index (χ2v) is 2.93. The van der Waals surface area contributed by atoms with Crippen LogP contribution in [0.15, 0.2) is 12.1 Å². The van der Waals surface area contributed by atoms with Crippen molar-refractivity contribution in [1.82, 2.24) is 0 Å². The molecule has 5 heteroatoms. The van der Waals surface area contributed by atoms with E-state index in [4.69, 9.17) is 22.4 Å². The number of aliphatic hydroxyl groups excluding tert-OH is 1. The minimum absolute atomic E-state index is 0.00824. The Morgan fingerprint density at radius 2 is 2.08 bits per heavy atom. The van der Waals surface area contributed by atoms with Crippen LogP contribution in [0.2, 0.25) is 5.02 Å². The molecule has 0 bridgehead atoms. The number of rotatable bonds is 2. The fourth-order valence-corrected chi connectivity index (χ4v) is 1.10. The van der Waals surface area contributed by atoms with Crippen molar-refractivity contribution in [3.05, 3.63) is 34.4 Å². The molecule has 72 valence electrons. The molecule has 0 aliphatic heterocycles. The van der Waals surface area contributed by atoms with Crippen molar-refractivity contribution in [2.24, 2.45) is 5.73 Å². The number of hydrogen-bond donors (Lipinski definition) is 2. The van der Waals surface area contributed by atoms with E-state index in [1.165, 1.54) is 0 Å². The van der Waals surface area contributed by atoms with E-state index in [0.717, 1.165) is 12.1 Å². The van der Waals surface area contributed by atoms with Gasteiger partial charge in [0.15, 0.2) is 0 Å². The number of nitrogens with two attached hydrogens (primary N) is 1. The zero-order chi connectivity index (χ0) is 10.0. The van der Waals surface area contributed by atoms with Gasteiger partial charge in [-0.3, -0.25) is 0 Å². The molecule has 13 heavy (non-hydrogen) atoms. The minimum Gasteiger partial charge on any atom is -0.394 e. The van der Waals surface area contributed by atoms with E-state index in [9.17, 15) is 8.78 Å². The van der Waals surface area contributed by atoms with Gasteiger partial charge in [0.05, 0.1) is 12.6 Å². The Balaban J connectivity index is 3.18. The molecule has 0 saturated heterocycles. The fourth-order valence-electron chi connectivity index (χ4n) is 0.926. The molecule has 1 aromatic rings. The smallest absolute Gasteiger partial charge is 0.149 e. The second kappa shape index (κ2) is 4.00. The lowest BCUT2D eigenvalue weighted by molar-refractivity contribution is 0.265. The van der Waals surface area contributed by atoms with Crippen LogP contribution in [0.1, 0.15) is 11.6 Å². The van der Waals surface area contributed by atoms with Crippen molar-refractivity contribution in [1.29, 1.82) is 0 Å². The molecule has 0 fully saturated rings.